The zero-order valence-corrected chi connectivity index (χ0v) is 16.4. The molecule has 0 N–H and O–H groups in total. The lowest BCUT2D eigenvalue weighted by Crippen LogP contribution is -2.40. The summed E-state index contributed by atoms with van der Waals surface area (Å²) in [5.74, 6) is 2.99. The van der Waals surface area contributed by atoms with Crippen molar-refractivity contribution in [2.24, 2.45) is 0 Å². The van der Waals surface area contributed by atoms with E-state index in [9.17, 15) is 0 Å². The summed E-state index contributed by atoms with van der Waals surface area (Å²) in [6, 6.07) is 0.328. The summed E-state index contributed by atoms with van der Waals surface area (Å²) in [6.45, 7) is 6.46. The molecule has 0 saturated carbocycles. The van der Waals surface area contributed by atoms with Crippen LogP contribution in [0.3, 0.4) is 0 Å². The summed E-state index contributed by atoms with van der Waals surface area (Å²) >= 11 is 0. The van der Waals surface area contributed by atoms with Crippen molar-refractivity contribution in [2.45, 2.75) is 39.3 Å². The van der Waals surface area contributed by atoms with Crippen LogP contribution in [0.25, 0.3) is 23.0 Å². The predicted molar refractivity (Wildman–Crippen MR) is 106 cm³/mol. The first-order valence-electron chi connectivity index (χ1n) is 9.53. The van der Waals surface area contributed by atoms with Gasteiger partial charge in [-0.3, -0.25) is 9.13 Å². The summed E-state index contributed by atoms with van der Waals surface area (Å²) in [5, 5.41) is 8.48. The number of rotatable bonds is 4. The molecule has 0 aromatic carbocycles. The minimum atomic E-state index is 0.0949. The van der Waals surface area contributed by atoms with Crippen LogP contribution < -0.4 is 4.90 Å². The highest BCUT2D eigenvalue weighted by atomic mass is 15.4. The highest BCUT2D eigenvalue weighted by Crippen LogP contribution is 2.39. The second-order valence-corrected chi connectivity index (χ2v) is 7.11. The summed E-state index contributed by atoms with van der Waals surface area (Å²) in [6.07, 6.45) is 12.9. The van der Waals surface area contributed by atoms with Gasteiger partial charge in [0.1, 0.15) is 24.2 Å². The minimum Gasteiger partial charge on any atom is -0.342 e. The monoisotopic (exact) mass is 388 g/mol. The van der Waals surface area contributed by atoms with Gasteiger partial charge in [-0.05, 0) is 20.3 Å². The number of aromatic nitrogens is 9. The number of fused-ring (bicyclic) bond motifs is 3. The molecule has 1 aliphatic heterocycles. The van der Waals surface area contributed by atoms with Crippen LogP contribution in [0.4, 0.5) is 5.82 Å². The molecule has 0 bridgehead atoms. The molecule has 5 rings (SSSR count). The van der Waals surface area contributed by atoms with Crippen LogP contribution in [0.2, 0.25) is 0 Å². The van der Waals surface area contributed by atoms with Crippen molar-refractivity contribution in [1.82, 2.24) is 44.3 Å². The summed E-state index contributed by atoms with van der Waals surface area (Å²) in [4.78, 5) is 24.5. The van der Waals surface area contributed by atoms with E-state index in [-0.39, 0.29) is 12.1 Å². The Morgan fingerprint density at radius 3 is 2.66 bits per heavy atom. The van der Waals surface area contributed by atoms with Crippen molar-refractivity contribution in [1.29, 1.82) is 0 Å². The fourth-order valence-electron chi connectivity index (χ4n) is 3.84. The molecule has 0 radical (unpaired) electrons. The molecule has 29 heavy (non-hydrogen) atoms. The Labute approximate surface area is 167 Å². The average molecular weight is 388 g/mol. The molecule has 0 aliphatic carbocycles. The molecule has 4 aromatic rings. The quantitative estimate of drug-likeness (QED) is 0.525. The summed E-state index contributed by atoms with van der Waals surface area (Å²) < 4.78 is 3.83. The van der Waals surface area contributed by atoms with E-state index in [0.717, 1.165) is 29.3 Å². The van der Waals surface area contributed by atoms with E-state index in [1.807, 2.05) is 21.5 Å². The molecule has 10 nitrogen and oxygen atoms in total. The molecule has 0 fully saturated rings. The van der Waals surface area contributed by atoms with E-state index in [2.05, 4.69) is 55.8 Å². The van der Waals surface area contributed by atoms with Gasteiger partial charge in [0.2, 0.25) is 5.95 Å². The second kappa shape index (κ2) is 6.73. The Morgan fingerprint density at radius 1 is 1.07 bits per heavy atom. The number of imidazole rings is 1. The number of nitrogens with zero attached hydrogens (tertiary/aromatic N) is 10. The van der Waals surface area contributed by atoms with Crippen molar-refractivity contribution in [3.63, 3.8) is 0 Å². The lowest BCUT2D eigenvalue weighted by atomic mass is 10.1. The van der Waals surface area contributed by atoms with Crippen LogP contribution in [0.1, 0.15) is 39.1 Å². The van der Waals surface area contributed by atoms with Crippen molar-refractivity contribution in [3.8, 4) is 23.0 Å². The van der Waals surface area contributed by atoms with Gasteiger partial charge < -0.3 is 4.90 Å². The van der Waals surface area contributed by atoms with Crippen molar-refractivity contribution < 1.29 is 0 Å². The minimum absolute atomic E-state index is 0.0949. The van der Waals surface area contributed by atoms with Crippen LogP contribution in [0, 0.1) is 0 Å². The smallest absolute Gasteiger partial charge is 0.237 e. The molecule has 0 spiro atoms. The molecule has 0 saturated heterocycles. The van der Waals surface area contributed by atoms with E-state index >= 15 is 0 Å². The van der Waals surface area contributed by atoms with Crippen molar-refractivity contribution >= 4 is 5.82 Å². The van der Waals surface area contributed by atoms with Crippen molar-refractivity contribution in [2.75, 3.05) is 4.90 Å². The van der Waals surface area contributed by atoms with Crippen LogP contribution >= 0.6 is 0 Å². The molecule has 4 aromatic heterocycles. The van der Waals surface area contributed by atoms with Crippen molar-refractivity contribution in [3.05, 3.63) is 49.5 Å². The molecule has 0 unspecified atom stereocenters. The third-order valence-corrected chi connectivity index (χ3v) is 5.07. The van der Waals surface area contributed by atoms with Gasteiger partial charge in [-0.15, -0.1) is 10.2 Å². The Bertz CT molecular complexity index is 1150. The normalized spacial score (nSPS) is 15.4. The van der Waals surface area contributed by atoms with Gasteiger partial charge in [-0.25, -0.2) is 19.9 Å². The Kier molecular flexibility index (Phi) is 4.04. The lowest BCUT2D eigenvalue weighted by molar-refractivity contribution is 0.497. The van der Waals surface area contributed by atoms with Gasteiger partial charge in [-0.2, -0.15) is 4.98 Å². The number of hydrogen-bond donors (Lipinski definition) is 0. The molecule has 0 amide bonds. The molecule has 1 aliphatic rings. The third-order valence-electron chi connectivity index (χ3n) is 5.07. The first kappa shape index (κ1) is 17.4. The Balaban J connectivity index is 1.68. The highest BCUT2D eigenvalue weighted by Gasteiger charge is 2.35. The average Bonchev–Trinajstić information content (AvgIpc) is 3.42. The Morgan fingerprint density at radius 2 is 1.90 bits per heavy atom. The van der Waals surface area contributed by atoms with Gasteiger partial charge in [0.25, 0.3) is 0 Å². The first-order chi connectivity index (χ1) is 14.2. The molecule has 146 valence electrons. The van der Waals surface area contributed by atoms with Gasteiger partial charge in [0.05, 0.1) is 17.8 Å². The third kappa shape index (κ3) is 2.67. The molecule has 5 heterocycles. The van der Waals surface area contributed by atoms with Gasteiger partial charge in [-0.1, -0.05) is 6.92 Å². The maximum Gasteiger partial charge on any atom is 0.237 e. The number of hydrogen-bond acceptors (Lipinski definition) is 8. The van der Waals surface area contributed by atoms with E-state index in [4.69, 9.17) is 4.98 Å². The van der Waals surface area contributed by atoms with Gasteiger partial charge >= 0.3 is 0 Å². The van der Waals surface area contributed by atoms with E-state index in [1.54, 1.807) is 24.9 Å². The lowest BCUT2D eigenvalue weighted by Gasteiger charge is -2.39. The zero-order valence-electron chi connectivity index (χ0n) is 16.4. The molecular formula is C19H20N10. The molecule has 1 atom stereocenters. The van der Waals surface area contributed by atoms with E-state index in [1.165, 1.54) is 6.33 Å². The Hall–Kier alpha value is -3.69. The molecular weight excluding hydrogens is 368 g/mol. The van der Waals surface area contributed by atoms with E-state index in [0.29, 0.717) is 11.8 Å². The maximum absolute atomic E-state index is 4.94. The van der Waals surface area contributed by atoms with Crippen LogP contribution in [-0.2, 0) is 0 Å². The fraction of sp³-hybridized carbons (Fsp3) is 0.316. The summed E-state index contributed by atoms with van der Waals surface area (Å²) in [7, 11) is 0. The first-order valence-corrected chi connectivity index (χ1v) is 9.53. The van der Waals surface area contributed by atoms with Gasteiger partial charge in [0.15, 0.2) is 11.6 Å². The summed E-state index contributed by atoms with van der Waals surface area (Å²) in [5.41, 5.74) is 1.67. The van der Waals surface area contributed by atoms with Gasteiger partial charge in [0, 0.05) is 30.8 Å². The predicted octanol–water partition coefficient (Wildman–Crippen LogP) is 2.38. The fourth-order valence-corrected chi connectivity index (χ4v) is 3.84. The molecule has 10 heteroatoms. The second-order valence-electron chi connectivity index (χ2n) is 7.11. The topological polar surface area (TPSA) is 103 Å². The largest absolute Gasteiger partial charge is 0.342 e. The maximum atomic E-state index is 4.94. The SMILES string of the molecule is CC[C@@H]1c2nncn2-c2cnc(-n3ccnc3-c3cncnc3)nc2N1C(C)C. The van der Waals surface area contributed by atoms with E-state index < -0.39 is 0 Å². The van der Waals surface area contributed by atoms with Crippen LogP contribution in [0.15, 0.2) is 43.6 Å². The number of anilines is 1. The zero-order chi connectivity index (χ0) is 20.0. The standard InChI is InChI=1S/C19H20N10/c1-4-14-18-26-24-11-28(18)15-9-23-19(25-17(15)29(14)12(2)3)27-6-5-22-16(27)13-7-20-10-21-8-13/h5-12,14H,4H2,1-3H3/t14-/m1/s1. The van der Waals surface area contributed by atoms with Crippen LogP contribution in [-0.4, -0.2) is 50.3 Å². The van der Waals surface area contributed by atoms with Crippen LogP contribution in [0.5, 0.6) is 0 Å². The highest BCUT2D eigenvalue weighted by molar-refractivity contribution is 5.63.